The lowest BCUT2D eigenvalue weighted by Gasteiger charge is -2.26. The summed E-state index contributed by atoms with van der Waals surface area (Å²) in [6.45, 7) is 4.88. The summed E-state index contributed by atoms with van der Waals surface area (Å²) < 4.78 is 16.8. The Morgan fingerprint density at radius 1 is 1.14 bits per heavy atom. The van der Waals surface area contributed by atoms with Crippen LogP contribution in [0.1, 0.15) is 26.3 Å². The molecule has 2 aromatic carbocycles. The Kier molecular flexibility index (Phi) is 5.59. The highest BCUT2D eigenvalue weighted by atomic mass is 16.5. The number of para-hydroxylation sites is 1. The molecule has 0 unspecified atom stereocenters. The normalized spacial score (nSPS) is 17.8. The molecule has 150 valence electrons. The van der Waals surface area contributed by atoms with Gasteiger partial charge in [0.15, 0.2) is 11.5 Å². The van der Waals surface area contributed by atoms with Crippen molar-refractivity contribution in [3.05, 3.63) is 64.9 Å². The van der Waals surface area contributed by atoms with Gasteiger partial charge in [-0.1, -0.05) is 18.2 Å². The molecule has 7 heteroatoms. The van der Waals surface area contributed by atoms with Gasteiger partial charge >= 0.3 is 0 Å². The predicted molar refractivity (Wildman–Crippen MR) is 107 cm³/mol. The van der Waals surface area contributed by atoms with Crippen LogP contribution in [0.4, 0.5) is 0 Å². The molecule has 0 spiro atoms. The largest absolute Gasteiger partial charge is 0.492 e. The van der Waals surface area contributed by atoms with Gasteiger partial charge in [0.25, 0.3) is 5.91 Å². The predicted octanol–water partition coefficient (Wildman–Crippen LogP) is 2.11. The minimum atomic E-state index is -0.630. The van der Waals surface area contributed by atoms with E-state index in [-0.39, 0.29) is 22.9 Å². The number of nitrogens with zero attached hydrogens (tertiary/aromatic N) is 1. The Labute approximate surface area is 168 Å². The second-order valence-corrected chi connectivity index (χ2v) is 6.86. The molecule has 1 amide bonds. The van der Waals surface area contributed by atoms with Crippen molar-refractivity contribution in [2.45, 2.75) is 0 Å². The van der Waals surface area contributed by atoms with Gasteiger partial charge in [0, 0.05) is 19.6 Å². The average Bonchev–Trinajstić information content (AvgIpc) is 3.05. The summed E-state index contributed by atoms with van der Waals surface area (Å²) in [6, 6.07) is 12.2. The minimum Gasteiger partial charge on any atom is -0.492 e. The fourth-order valence-electron chi connectivity index (χ4n) is 3.33. The summed E-state index contributed by atoms with van der Waals surface area (Å²) in [5.41, 5.74) is 6.70. The number of ketones is 1. The van der Waals surface area contributed by atoms with Gasteiger partial charge in [-0.25, -0.2) is 0 Å². The average molecular weight is 394 g/mol. The number of hydrogen-bond acceptors (Lipinski definition) is 6. The van der Waals surface area contributed by atoms with Gasteiger partial charge in [-0.15, -0.1) is 0 Å². The van der Waals surface area contributed by atoms with Crippen molar-refractivity contribution in [3.8, 4) is 11.5 Å². The molecule has 4 rings (SSSR count). The lowest BCUT2D eigenvalue weighted by molar-refractivity contribution is 0.0322. The topological polar surface area (TPSA) is 91.1 Å². The van der Waals surface area contributed by atoms with Crippen molar-refractivity contribution in [3.63, 3.8) is 0 Å². The number of benzene rings is 2. The van der Waals surface area contributed by atoms with E-state index < -0.39 is 5.91 Å². The first-order chi connectivity index (χ1) is 14.1. The Morgan fingerprint density at radius 3 is 2.62 bits per heavy atom. The number of fused-ring (bicyclic) bond motifs is 1. The molecule has 2 heterocycles. The van der Waals surface area contributed by atoms with Gasteiger partial charge in [-0.05, 0) is 35.9 Å². The molecule has 0 bridgehead atoms. The van der Waals surface area contributed by atoms with Crippen LogP contribution < -0.4 is 15.2 Å². The van der Waals surface area contributed by atoms with E-state index in [0.717, 1.165) is 44.2 Å². The second kappa shape index (κ2) is 8.46. The molecule has 1 fully saturated rings. The highest BCUT2D eigenvalue weighted by molar-refractivity contribution is 6.16. The number of carbonyl (C=O) groups excluding carboxylic acids is 2. The SMILES string of the molecule is NC(=O)c1cccc2c1O/C(=C\c1ccc(OCCN3CCOCC3)cc1)C2=O. The molecule has 0 aliphatic carbocycles. The van der Waals surface area contributed by atoms with Crippen LogP contribution in [-0.4, -0.2) is 56.0 Å². The third kappa shape index (κ3) is 4.31. The van der Waals surface area contributed by atoms with Gasteiger partial charge in [0.1, 0.15) is 12.4 Å². The number of allylic oxidation sites excluding steroid dienone is 1. The van der Waals surface area contributed by atoms with E-state index in [4.69, 9.17) is 19.9 Å². The molecular formula is C22H22N2O5. The van der Waals surface area contributed by atoms with E-state index in [1.54, 1.807) is 24.3 Å². The van der Waals surface area contributed by atoms with Crippen molar-refractivity contribution < 1.29 is 23.8 Å². The van der Waals surface area contributed by atoms with Crippen LogP contribution >= 0.6 is 0 Å². The van der Waals surface area contributed by atoms with E-state index >= 15 is 0 Å². The summed E-state index contributed by atoms with van der Waals surface area (Å²) in [5.74, 6) is 0.246. The first-order valence-corrected chi connectivity index (χ1v) is 9.52. The maximum atomic E-state index is 12.6. The highest BCUT2D eigenvalue weighted by Gasteiger charge is 2.30. The van der Waals surface area contributed by atoms with E-state index in [9.17, 15) is 9.59 Å². The number of rotatable bonds is 6. The highest BCUT2D eigenvalue weighted by Crippen LogP contribution is 2.35. The molecule has 0 aromatic heterocycles. The Bertz CT molecular complexity index is 946. The molecular weight excluding hydrogens is 372 g/mol. The lowest BCUT2D eigenvalue weighted by atomic mass is 10.1. The van der Waals surface area contributed by atoms with Crippen molar-refractivity contribution in [2.75, 3.05) is 39.5 Å². The summed E-state index contributed by atoms with van der Waals surface area (Å²) in [4.78, 5) is 26.4. The van der Waals surface area contributed by atoms with Crippen LogP contribution in [0.5, 0.6) is 11.5 Å². The number of primary amides is 1. The summed E-state index contributed by atoms with van der Waals surface area (Å²) >= 11 is 0. The van der Waals surface area contributed by atoms with Gasteiger partial charge < -0.3 is 19.9 Å². The Balaban J connectivity index is 1.39. The van der Waals surface area contributed by atoms with Crippen LogP contribution in [0.15, 0.2) is 48.2 Å². The summed E-state index contributed by atoms with van der Waals surface area (Å²) in [7, 11) is 0. The molecule has 0 atom stereocenters. The van der Waals surface area contributed by atoms with Crippen LogP contribution in [0.25, 0.3) is 6.08 Å². The third-order valence-corrected chi connectivity index (χ3v) is 4.92. The molecule has 2 aliphatic rings. The standard InChI is InChI=1S/C22H22N2O5/c23-22(26)18-3-1-2-17-20(25)19(29-21(17)18)14-15-4-6-16(7-5-15)28-13-10-24-8-11-27-12-9-24/h1-7,14H,8-13H2,(H2,23,26)/b19-14-. The van der Waals surface area contributed by atoms with Crippen LogP contribution in [0.3, 0.4) is 0 Å². The minimum absolute atomic E-state index is 0.162. The lowest BCUT2D eigenvalue weighted by Crippen LogP contribution is -2.38. The molecule has 0 radical (unpaired) electrons. The summed E-state index contributed by atoms with van der Waals surface area (Å²) in [6.07, 6.45) is 1.64. The number of ether oxygens (including phenoxy) is 3. The van der Waals surface area contributed by atoms with Crippen molar-refractivity contribution in [1.82, 2.24) is 4.90 Å². The molecule has 2 aliphatic heterocycles. The van der Waals surface area contributed by atoms with E-state index in [1.165, 1.54) is 0 Å². The van der Waals surface area contributed by atoms with E-state index in [0.29, 0.717) is 12.2 Å². The molecule has 2 aromatic rings. The summed E-state index contributed by atoms with van der Waals surface area (Å²) in [5, 5.41) is 0. The van der Waals surface area contributed by atoms with E-state index in [2.05, 4.69) is 4.90 Å². The first-order valence-electron chi connectivity index (χ1n) is 9.52. The fraction of sp³-hybridized carbons (Fsp3) is 0.273. The third-order valence-electron chi connectivity index (χ3n) is 4.92. The van der Waals surface area contributed by atoms with E-state index in [1.807, 2.05) is 24.3 Å². The first kappa shape index (κ1) is 19.2. The van der Waals surface area contributed by atoms with Gasteiger partial charge in [0.2, 0.25) is 5.78 Å². The Hall–Kier alpha value is -3.16. The molecule has 1 saturated heterocycles. The number of hydrogen-bond donors (Lipinski definition) is 1. The maximum Gasteiger partial charge on any atom is 0.252 e. The fourth-order valence-corrected chi connectivity index (χ4v) is 3.33. The maximum absolute atomic E-state index is 12.6. The number of morpholine rings is 1. The van der Waals surface area contributed by atoms with Crippen molar-refractivity contribution in [2.24, 2.45) is 5.73 Å². The molecule has 2 N–H and O–H groups in total. The molecule has 29 heavy (non-hydrogen) atoms. The van der Waals surface area contributed by atoms with Gasteiger partial charge in [-0.3, -0.25) is 14.5 Å². The molecule has 7 nitrogen and oxygen atoms in total. The van der Waals surface area contributed by atoms with Crippen molar-refractivity contribution in [1.29, 1.82) is 0 Å². The van der Waals surface area contributed by atoms with Crippen LogP contribution in [0.2, 0.25) is 0 Å². The zero-order valence-corrected chi connectivity index (χ0v) is 15.9. The van der Waals surface area contributed by atoms with Crippen LogP contribution in [0, 0.1) is 0 Å². The quantitative estimate of drug-likeness (QED) is 0.755. The zero-order valence-electron chi connectivity index (χ0n) is 15.9. The number of nitrogens with two attached hydrogens (primary N) is 1. The van der Waals surface area contributed by atoms with Gasteiger partial charge in [0.05, 0.1) is 24.3 Å². The monoisotopic (exact) mass is 394 g/mol. The number of amides is 1. The number of carbonyl (C=O) groups is 2. The smallest absolute Gasteiger partial charge is 0.252 e. The van der Waals surface area contributed by atoms with Gasteiger partial charge in [-0.2, -0.15) is 0 Å². The number of Topliss-reactive ketones (excluding diaryl/α,β-unsaturated/α-hetero) is 1. The van der Waals surface area contributed by atoms with Crippen molar-refractivity contribution >= 4 is 17.8 Å². The zero-order chi connectivity index (χ0) is 20.2. The second-order valence-electron chi connectivity index (χ2n) is 6.86. The Morgan fingerprint density at radius 2 is 1.90 bits per heavy atom. The van der Waals surface area contributed by atoms with Crippen LogP contribution in [-0.2, 0) is 4.74 Å². The molecule has 0 saturated carbocycles.